The maximum absolute atomic E-state index is 12.7. The summed E-state index contributed by atoms with van der Waals surface area (Å²) in [5.41, 5.74) is 0.900. The van der Waals surface area contributed by atoms with Crippen molar-refractivity contribution in [2.75, 3.05) is 18.6 Å². The molecule has 29 heavy (non-hydrogen) atoms. The van der Waals surface area contributed by atoms with Crippen LogP contribution >= 0.6 is 11.8 Å². The average molecular weight is 435 g/mol. The Morgan fingerprint density at radius 3 is 2.62 bits per heavy atom. The van der Waals surface area contributed by atoms with E-state index in [0.717, 1.165) is 28.8 Å². The van der Waals surface area contributed by atoms with Gasteiger partial charge in [0.15, 0.2) is 15.0 Å². The molecule has 2 saturated heterocycles. The third-order valence-electron chi connectivity index (χ3n) is 6.90. The lowest BCUT2D eigenvalue weighted by atomic mass is 9.93. The molecule has 0 N–H and O–H groups in total. The highest BCUT2D eigenvalue weighted by molar-refractivity contribution is 8.15. The van der Waals surface area contributed by atoms with Crippen LogP contribution < -0.4 is 4.74 Å². The van der Waals surface area contributed by atoms with Crippen LogP contribution in [0.5, 0.6) is 5.75 Å². The van der Waals surface area contributed by atoms with Gasteiger partial charge in [-0.1, -0.05) is 30.3 Å². The van der Waals surface area contributed by atoms with E-state index in [4.69, 9.17) is 4.74 Å². The van der Waals surface area contributed by atoms with E-state index in [0.29, 0.717) is 12.0 Å². The largest absolute Gasteiger partial charge is 0.497 e. The molecule has 1 aromatic rings. The Bertz CT molecular complexity index is 944. The molecule has 4 aliphatic rings. The molecule has 4 fully saturated rings. The molecule has 1 amide bonds. The average Bonchev–Trinajstić information content (AvgIpc) is 3.42. The number of amides is 1. The van der Waals surface area contributed by atoms with Crippen LogP contribution in [0.3, 0.4) is 0 Å². The molecular formula is C21H26N2O4S2. The number of carbonyl (C=O) groups excluding carboxylic acids is 1. The molecule has 2 saturated carbocycles. The molecule has 8 heteroatoms. The molecular weight excluding hydrogens is 408 g/mol. The van der Waals surface area contributed by atoms with Crippen LogP contribution in [-0.2, 0) is 21.1 Å². The van der Waals surface area contributed by atoms with Gasteiger partial charge in [0.1, 0.15) is 5.75 Å². The van der Waals surface area contributed by atoms with Crippen LogP contribution in [0.4, 0.5) is 0 Å². The summed E-state index contributed by atoms with van der Waals surface area (Å²) in [6.07, 6.45) is 5.10. The van der Waals surface area contributed by atoms with Gasteiger partial charge in [0.05, 0.1) is 31.1 Å². The van der Waals surface area contributed by atoms with E-state index < -0.39 is 9.84 Å². The molecule has 1 aromatic carbocycles. The molecule has 5 rings (SSSR count). The Morgan fingerprint density at radius 2 is 1.97 bits per heavy atom. The zero-order valence-electron chi connectivity index (χ0n) is 16.5. The first-order valence-electron chi connectivity index (χ1n) is 10.3. The van der Waals surface area contributed by atoms with E-state index >= 15 is 0 Å². The van der Waals surface area contributed by atoms with Crippen LogP contribution in [-0.4, -0.2) is 60.3 Å². The van der Waals surface area contributed by atoms with Crippen molar-refractivity contribution in [2.45, 2.75) is 49.4 Å². The summed E-state index contributed by atoms with van der Waals surface area (Å²) in [6, 6.07) is 7.77. The quantitative estimate of drug-likeness (QED) is 0.725. The summed E-state index contributed by atoms with van der Waals surface area (Å²) >= 11 is 1.51. The second-order valence-corrected chi connectivity index (χ2v) is 12.1. The van der Waals surface area contributed by atoms with Gasteiger partial charge in [-0.25, -0.2) is 8.42 Å². The van der Waals surface area contributed by atoms with E-state index in [-0.39, 0.29) is 35.1 Å². The van der Waals surface area contributed by atoms with Crippen molar-refractivity contribution >= 4 is 32.7 Å². The number of hydrogen-bond donors (Lipinski definition) is 0. The predicted octanol–water partition coefficient (Wildman–Crippen LogP) is 2.52. The van der Waals surface area contributed by atoms with Crippen LogP contribution in [0.15, 0.2) is 29.3 Å². The minimum absolute atomic E-state index is 0.00617. The van der Waals surface area contributed by atoms with Gasteiger partial charge in [-0.3, -0.25) is 4.79 Å². The number of thioether (sulfide) groups is 1. The molecule has 2 heterocycles. The van der Waals surface area contributed by atoms with E-state index in [1.807, 2.05) is 24.3 Å². The highest BCUT2D eigenvalue weighted by Gasteiger charge is 2.54. The standard InChI is InChI=1S/C21H26N2O4S2/c1-27-16-6-3-13(4-7-16)10-20(24)22-21-23(17-9-14-2-5-15(17)8-14)18-11-29(25,26)12-19(18)28-21/h3-4,6-7,14-15,17-19H,2,5,8-12H2,1H3/t14-,15-,17-,18+,19-/m1/s1. The van der Waals surface area contributed by atoms with Crippen molar-refractivity contribution in [3.8, 4) is 5.75 Å². The van der Waals surface area contributed by atoms with Gasteiger partial charge in [-0.15, -0.1) is 0 Å². The van der Waals surface area contributed by atoms with Crippen molar-refractivity contribution in [1.82, 2.24) is 4.90 Å². The molecule has 0 unspecified atom stereocenters. The normalized spacial score (nSPS) is 36.0. The molecule has 2 aliphatic carbocycles. The van der Waals surface area contributed by atoms with Gasteiger partial charge in [0.25, 0.3) is 5.91 Å². The lowest BCUT2D eigenvalue weighted by Crippen LogP contribution is -2.47. The maximum atomic E-state index is 12.7. The van der Waals surface area contributed by atoms with Crippen LogP contribution in [0.1, 0.15) is 31.2 Å². The summed E-state index contributed by atoms with van der Waals surface area (Å²) in [4.78, 5) is 19.5. The number of ether oxygens (including phenoxy) is 1. The Hall–Kier alpha value is -1.54. The highest BCUT2D eigenvalue weighted by Crippen LogP contribution is 2.51. The number of benzene rings is 1. The number of rotatable bonds is 4. The second kappa shape index (κ2) is 7.30. The Balaban J connectivity index is 1.37. The molecule has 5 atom stereocenters. The van der Waals surface area contributed by atoms with Gasteiger partial charge in [-0.2, -0.15) is 4.99 Å². The number of aliphatic imine (C=N–C) groups is 1. The number of sulfone groups is 1. The maximum Gasteiger partial charge on any atom is 0.252 e. The summed E-state index contributed by atoms with van der Waals surface area (Å²) in [7, 11) is -1.39. The SMILES string of the molecule is COc1ccc(CC(=O)N=C2S[C@@H]3CS(=O)(=O)C[C@@H]3N2[C@@H]2C[C@@H]3CC[C@@H]2C3)cc1. The van der Waals surface area contributed by atoms with E-state index in [9.17, 15) is 13.2 Å². The van der Waals surface area contributed by atoms with Crippen molar-refractivity contribution in [1.29, 1.82) is 0 Å². The van der Waals surface area contributed by atoms with Gasteiger partial charge in [0, 0.05) is 11.3 Å². The van der Waals surface area contributed by atoms with Crippen LogP contribution in [0.2, 0.25) is 0 Å². The first-order chi connectivity index (χ1) is 13.9. The van der Waals surface area contributed by atoms with E-state index in [1.165, 1.54) is 31.0 Å². The van der Waals surface area contributed by atoms with Crippen molar-refractivity contribution < 1.29 is 17.9 Å². The lowest BCUT2D eigenvalue weighted by molar-refractivity contribution is -0.117. The van der Waals surface area contributed by atoms with Gasteiger partial charge >= 0.3 is 0 Å². The minimum atomic E-state index is -3.00. The first-order valence-corrected chi connectivity index (χ1v) is 13.0. The number of nitrogens with zero attached hydrogens (tertiary/aromatic N) is 2. The first kappa shape index (κ1) is 19.4. The van der Waals surface area contributed by atoms with E-state index in [1.54, 1.807) is 7.11 Å². The predicted molar refractivity (Wildman–Crippen MR) is 114 cm³/mol. The fourth-order valence-electron chi connectivity index (χ4n) is 5.59. The molecule has 6 nitrogen and oxygen atoms in total. The molecule has 2 bridgehead atoms. The second-order valence-electron chi connectivity index (χ2n) is 8.76. The number of methoxy groups -OCH3 is 1. The Kier molecular flexibility index (Phi) is 4.89. The summed E-state index contributed by atoms with van der Waals surface area (Å²) in [6.45, 7) is 0. The molecule has 0 spiro atoms. The van der Waals surface area contributed by atoms with Crippen molar-refractivity contribution in [3.63, 3.8) is 0 Å². The summed E-state index contributed by atoms with van der Waals surface area (Å²) in [5.74, 6) is 2.35. The zero-order chi connectivity index (χ0) is 20.2. The van der Waals surface area contributed by atoms with Gasteiger partial charge < -0.3 is 9.64 Å². The van der Waals surface area contributed by atoms with Crippen molar-refractivity contribution in [3.05, 3.63) is 29.8 Å². The number of amidine groups is 1. The highest BCUT2D eigenvalue weighted by atomic mass is 32.2. The van der Waals surface area contributed by atoms with E-state index in [2.05, 4.69) is 9.89 Å². The third-order valence-corrected chi connectivity index (χ3v) is 10.1. The Labute approximate surface area is 176 Å². The van der Waals surface area contributed by atoms with Gasteiger partial charge in [-0.05, 0) is 48.8 Å². The monoisotopic (exact) mass is 434 g/mol. The fraction of sp³-hybridized carbons (Fsp3) is 0.619. The zero-order valence-corrected chi connectivity index (χ0v) is 18.1. The molecule has 0 radical (unpaired) electrons. The minimum Gasteiger partial charge on any atom is -0.497 e. The summed E-state index contributed by atoms with van der Waals surface area (Å²) < 4.78 is 29.6. The third kappa shape index (κ3) is 3.69. The van der Waals surface area contributed by atoms with Crippen LogP contribution in [0.25, 0.3) is 0 Å². The molecule has 156 valence electrons. The molecule has 0 aromatic heterocycles. The Morgan fingerprint density at radius 1 is 1.17 bits per heavy atom. The fourth-order valence-corrected chi connectivity index (χ4v) is 9.59. The number of hydrogen-bond acceptors (Lipinski definition) is 5. The summed E-state index contributed by atoms with van der Waals surface area (Å²) in [5, 5.41) is 0.762. The smallest absolute Gasteiger partial charge is 0.252 e. The number of fused-ring (bicyclic) bond motifs is 3. The number of carbonyl (C=O) groups is 1. The topological polar surface area (TPSA) is 76.0 Å². The van der Waals surface area contributed by atoms with Crippen LogP contribution in [0, 0.1) is 11.8 Å². The lowest BCUT2D eigenvalue weighted by Gasteiger charge is -2.36. The van der Waals surface area contributed by atoms with Crippen molar-refractivity contribution in [2.24, 2.45) is 16.8 Å². The molecule has 2 aliphatic heterocycles. The van der Waals surface area contributed by atoms with Gasteiger partial charge in [0.2, 0.25) is 0 Å².